The van der Waals surface area contributed by atoms with E-state index in [0.717, 1.165) is 44.0 Å². The predicted molar refractivity (Wildman–Crippen MR) is 90.6 cm³/mol. The highest BCUT2D eigenvalue weighted by molar-refractivity contribution is 5.96. The molecule has 1 aliphatic rings. The van der Waals surface area contributed by atoms with Crippen LogP contribution in [0.1, 0.15) is 36.8 Å². The summed E-state index contributed by atoms with van der Waals surface area (Å²) in [5, 5.41) is 12.6. The Kier molecular flexibility index (Phi) is 7.88. The molecule has 3 N–H and O–H groups in total. The SMILES string of the molecule is CC(=O)O.COc1cc(C2CCNCC2)c(C)cc1NC(=O)C(F)(F)F. The fraction of sp³-hybridized carbons (Fsp3) is 0.529. The summed E-state index contributed by atoms with van der Waals surface area (Å²) in [4.78, 5) is 20.1. The maximum atomic E-state index is 12.4. The van der Waals surface area contributed by atoms with E-state index >= 15 is 0 Å². The number of halogens is 3. The number of benzene rings is 1. The number of carboxylic acids is 1. The molecule has 0 atom stereocenters. The van der Waals surface area contributed by atoms with Gasteiger partial charge in [-0.3, -0.25) is 9.59 Å². The van der Waals surface area contributed by atoms with Gasteiger partial charge in [-0.2, -0.15) is 13.2 Å². The monoisotopic (exact) mass is 376 g/mol. The van der Waals surface area contributed by atoms with Gasteiger partial charge in [-0.05, 0) is 62.0 Å². The van der Waals surface area contributed by atoms with E-state index in [1.54, 1.807) is 12.1 Å². The number of carboxylic acid groups (broad SMARTS) is 1. The molecule has 2 rings (SSSR count). The summed E-state index contributed by atoms with van der Waals surface area (Å²) in [5.74, 6) is -2.24. The van der Waals surface area contributed by atoms with E-state index in [1.807, 2.05) is 12.2 Å². The van der Waals surface area contributed by atoms with Gasteiger partial charge in [-0.15, -0.1) is 0 Å². The fourth-order valence-corrected chi connectivity index (χ4v) is 2.74. The quantitative estimate of drug-likeness (QED) is 0.755. The van der Waals surface area contributed by atoms with Gasteiger partial charge < -0.3 is 20.5 Å². The van der Waals surface area contributed by atoms with Gasteiger partial charge in [0.1, 0.15) is 5.75 Å². The zero-order chi connectivity index (χ0) is 19.9. The largest absolute Gasteiger partial charge is 0.495 e. The molecule has 26 heavy (non-hydrogen) atoms. The summed E-state index contributed by atoms with van der Waals surface area (Å²) >= 11 is 0. The maximum Gasteiger partial charge on any atom is 0.471 e. The van der Waals surface area contributed by atoms with E-state index in [1.165, 1.54) is 7.11 Å². The Morgan fingerprint density at radius 3 is 2.27 bits per heavy atom. The third kappa shape index (κ3) is 6.55. The molecule has 0 bridgehead atoms. The molecule has 1 aromatic rings. The molecule has 1 saturated heterocycles. The first-order valence-electron chi connectivity index (χ1n) is 8.03. The maximum absolute atomic E-state index is 12.4. The summed E-state index contributed by atoms with van der Waals surface area (Å²) in [5.41, 5.74) is 1.95. The number of nitrogens with one attached hydrogen (secondary N) is 2. The molecule has 0 radical (unpaired) electrons. The van der Waals surface area contributed by atoms with E-state index in [-0.39, 0.29) is 11.4 Å². The second kappa shape index (κ2) is 9.42. The lowest BCUT2D eigenvalue weighted by molar-refractivity contribution is -0.167. The minimum Gasteiger partial charge on any atom is -0.495 e. The molecule has 6 nitrogen and oxygen atoms in total. The number of aryl methyl sites for hydroxylation is 1. The average molecular weight is 376 g/mol. The summed E-state index contributed by atoms with van der Waals surface area (Å²) in [6, 6.07) is 3.27. The third-order valence-electron chi connectivity index (χ3n) is 3.87. The van der Waals surface area contributed by atoms with Crippen molar-refractivity contribution in [2.24, 2.45) is 0 Å². The molecule has 1 amide bonds. The van der Waals surface area contributed by atoms with Crippen LogP contribution in [0.4, 0.5) is 18.9 Å². The van der Waals surface area contributed by atoms with E-state index < -0.39 is 18.1 Å². The van der Waals surface area contributed by atoms with E-state index in [2.05, 4.69) is 5.32 Å². The molecular weight excluding hydrogens is 353 g/mol. The van der Waals surface area contributed by atoms with Crippen LogP contribution in [0.25, 0.3) is 0 Å². The first-order chi connectivity index (χ1) is 12.1. The Morgan fingerprint density at radius 2 is 1.81 bits per heavy atom. The van der Waals surface area contributed by atoms with Crippen LogP contribution in [0.2, 0.25) is 0 Å². The summed E-state index contributed by atoms with van der Waals surface area (Å²) in [6.45, 7) is 4.75. The van der Waals surface area contributed by atoms with Gasteiger partial charge in [-0.25, -0.2) is 0 Å². The Labute approximate surface area is 149 Å². The smallest absolute Gasteiger partial charge is 0.471 e. The minimum atomic E-state index is -4.92. The number of hydrogen-bond acceptors (Lipinski definition) is 4. The molecule has 0 spiro atoms. The van der Waals surface area contributed by atoms with Crippen LogP contribution >= 0.6 is 0 Å². The number of amides is 1. The Bertz CT molecular complexity index is 638. The van der Waals surface area contributed by atoms with Crippen molar-refractivity contribution in [1.82, 2.24) is 5.32 Å². The molecule has 0 aliphatic carbocycles. The molecule has 1 heterocycles. The lowest BCUT2D eigenvalue weighted by Crippen LogP contribution is -2.30. The number of anilines is 1. The second-order valence-corrected chi connectivity index (χ2v) is 5.90. The van der Waals surface area contributed by atoms with Crippen molar-refractivity contribution >= 4 is 17.6 Å². The predicted octanol–water partition coefficient (Wildman–Crippen LogP) is 3.06. The zero-order valence-electron chi connectivity index (χ0n) is 14.9. The first kappa shape index (κ1) is 21.8. The number of ether oxygens (including phenoxy) is 1. The van der Waals surface area contributed by atoms with Gasteiger partial charge >= 0.3 is 12.1 Å². The van der Waals surface area contributed by atoms with Crippen LogP contribution in [-0.2, 0) is 9.59 Å². The van der Waals surface area contributed by atoms with Crippen molar-refractivity contribution in [3.05, 3.63) is 23.3 Å². The lowest BCUT2D eigenvalue weighted by Gasteiger charge is -2.25. The van der Waals surface area contributed by atoms with Crippen molar-refractivity contribution in [2.45, 2.75) is 38.8 Å². The van der Waals surface area contributed by atoms with Crippen LogP contribution < -0.4 is 15.4 Å². The zero-order valence-corrected chi connectivity index (χ0v) is 14.9. The van der Waals surface area contributed by atoms with Crippen molar-refractivity contribution in [3.63, 3.8) is 0 Å². The molecule has 0 saturated carbocycles. The van der Waals surface area contributed by atoms with Crippen molar-refractivity contribution < 1.29 is 32.6 Å². The van der Waals surface area contributed by atoms with Gasteiger partial charge in [0.05, 0.1) is 12.8 Å². The molecule has 1 aromatic carbocycles. The summed E-state index contributed by atoms with van der Waals surface area (Å²) in [7, 11) is 1.38. The molecule has 1 aliphatic heterocycles. The van der Waals surface area contributed by atoms with Crippen molar-refractivity contribution in [1.29, 1.82) is 0 Å². The van der Waals surface area contributed by atoms with E-state index in [0.29, 0.717) is 5.92 Å². The van der Waals surface area contributed by atoms with Gasteiger partial charge in [-0.1, -0.05) is 0 Å². The highest BCUT2D eigenvalue weighted by atomic mass is 19.4. The van der Waals surface area contributed by atoms with Crippen molar-refractivity contribution in [2.75, 3.05) is 25.5 Å². The molecule has 9 heteroatoms. The topological polar surface area (TPSA) is 87.7 Å². The molecule has 1 fully saturated rings. The molecular formula is C17H23F3N2O4. The molecule has 146 valence electrons. The normalized spacial score (nSPS) is 14.8. The van der Waals surface area contributed by atoms with Crippen molar-refractivity contribution in [3.8, 4) is 5.75 Å². The highest BCUT2D eigenvalue weighted by Crippen LogP contribution is 2.36. The van der Waals surface area contributed by atoms with Crippen LogP contribution in [0, 0.1) is 6.92 Å². The number of aliphatic carboxylic acids is 1. The number of carbonyl (C=O) groups excluding carboxylic acids is 1. The van der Waals surface area contributed by atoms with Crippen LogP contribution in [0.3, 0.4) is 0 Å². The van der Waals surface area contributed by atoms with Gasteiger partial charge in [0.25, 0.3) is 5.97 Å². The fourth-order valence-electron chi connectivity index (χ4n) is 2.74. The van der Waals surface area contributed by atoms with Gasteiger partial charge in [0, 0.05) is 6.92 Å². The Morgan fingerprint density at radius 1 is 1.27 bits per heavy atom. The Balaban J connectivity index is 0.000000765. The summed E-state index contributed by atoms with van der Waals surface area (Å²) in [6.07, 6.45) is -2.98. The average Bonchev–Trinajstić information content (AvgIpc) is 2.54. The second-order valence-electron chi connectivity index (χ2n) is 5.90. The highest BCUT2D eigenvalue weighted by Gasteiger charge is 2.39. The Hall–Kier alpha value is -2.29. The molecule has 0 unspecified atom stereocenters. The van der Waals surface area contributed by atoms with Gasteiger partial charge in [0.15, 0.2) is 0 Å². The van der Waals surface area contributed by atoms with E-state index in [9.17, 15) is 18.0 Å². The van der Waals surface area contributed by atoms with E-state index in [4.69, 9.17) is 14.6 Å². The standard InChI is InChI=1S/C15H19F3N2O2.C2H4O2/c1-9-7-12(20-14(21)15(16,17)18)13(22-2)8-11(9)10-3-5-19-6-4-10;1-2(3)4/h7-8,10,19H,3-6H2,1-2H3,(H,20,21);1H3,(H,3,4). The van der Waals surface area contributed by atoms with Gasteiger partial charge in [0.2, 0.25) is 0 Å². The lowest BCUT2D eigenvalue weighted by atomic mass is 9.87. The minimum absolute atomic E-state index is 0.0417. The summed E-state index contributed by atoms with van der Waals surface area (Å²) < 4.78 is 42.3. The first-order valence-corrected chi connectivity index (χ1v) is 8.03. The number of methoxy groups -OCH3 is 1. The van der Waals surface area contributed by atoms with Crippen LogP contribution in [0.15, 0.2) is 12.1 Å². The molecule has 0 aromatic heterocycles. The number of alkyl halides is 3. The number of hydrogen-bond donors (Lipinski definition) is 3. The number of piperidine rings is 1. The number of rotatable bonds is 3. The van der Waals surface area contributed by atoms with Crippen LogP contribution in [0.5, 0.6) is 5.75 Å². The van der Waals surface area contributed by atoms with Crippen LogP contribution in [-0.4, -0.2) is 43.4 Å². The third-order valence-corrected chi connectivity index (χ3v) is 3.87. The number of carbonyl (C=O) groups is 2.